The second-order valence-corrected chi connectivity index (χ2v) is 6.97. The smallest absolute Gasteiger partial charge is 0.317 e. The molecule has 0 saturated carbocycles. The first-order chi connectivity index (χ1) is 13.7. The van der Waals surface area contributed by atoms with E-state index in [9.17, 15) is 4.79 Å². The molecule has 1 aliphatic rings. The molecule has 1 aliphatic heterocycles. The molecule has 2 N–H and O–H groups in total. The Labute approximate surface area is 164 Å². The summed E-state index contributed by atoms with van der Waals surface area (Å²) in [5.41, 5.74) is 4.71. The number of methoxy groups -OCH3 is 2. The molecule has 0 unspecified atom stereocenters. The fourth-order valence-corrected chi connectivity index (χ4v) is 3.83. The van der Waals surface area contributed by atoms with Gasteiger partial charge in [0.05, 0.1) is 20.8 Å². The monoisotopic (exact) mass is 379 g/mol. The first kappa shape index (κ1) is 18.2. The van der Waals surface area contributed by atoms with Crippen LogP contribution in [0.3, 0.4) is 0 Å². The summed E-state index contributed by atoms with van der Waals surface area (Å²) in [6, 6.07) is 14.1. The van der Waals surface area contributed by atoms with E-state index in [1.807, 2.05) is 29.2 Å². The van der Waals surface area contributed by atoms with Gasteiger partial charge in [0, 0.05) is 29.7 Å². The number of fused-ring (bicyclic) bond motifs is 3. The zero-order valence-corrected chi connectivity index (χ0v) is 16.2. The third-order valence-corrected chi connectivity index (χ3v) is 5.31. The molecule has 2 aromatic carbocycles. The highest BCUT2D eigenvalue weighted by Gasteiger charge is 2.23. The molecule has 0 fully saturated rings. The average molecular weight is 379 g/mol. The standard InChI is InChI=1S/C22H25N3O3/c1-27-20-8-7-15(13-21(20)28-2)9-11-23-22(26)25-12-10-17-16-5-3-4-6-18(16)24-19(17)14-25/h3-8,13,24H,9-12,14H2,1-2H3,(H,23,26). The zero-order valence-electron chi connectivity index (χ0n) is 16.2. The molecular formula is C22H25N3O3. The highest BCUT2D eigenvalue weighted by molar-refractivity contribution is 5.85. The van der Waals surface area contributed by atoms with Crippen LogP contribution < -0.4 is 14.8 Å². The first-order valence-corrected chi connectivity index (χ1v) is 9.51. The van der Waals surface area contributed by atoms with Crippen molar-refractivity contribution in [2.24, 2.45) is 0 Å². The maximum Gasteiger partial charge on any atom is 0.317 e. The molecule has 0 bridgehead atoms. The molecule has 2 heterocycles. The van der Waals surface area contributed by atoms with E-state index in [0.29, 0.717) is 24.6 Å². The molecule has 6 nitrogen and oxygen atoms in total. The van der Waals surface area contributed by atoms with Crippen molar-refractivity contribution >= 4 is 16.9 Å². The number of aromatic nitrogens is 1. The Kier molecular flexibility index (Phi) is 5.10. The van der Waals surface area contributed by atoms with E-state index in [0.717, 1.165) is 36.2 Å². The molecule has 2 amide bonds. The van der Waals surface area contributed by atoms with Crippen molar-refractivity contribution < 1.29 is 14.3 Å². The Balaban J connectivity index is 1.35. The molecule has 0 atom stereocenters. The van der Waals surface area contributed by atoms with Crippen molar-refractivity contribution in [3.05, 3.63) is 59.3 Å². The lowest BCUT2D eigenvalue weighted by atomic mass is 10.0. The molecule has 1 aromatic heterocycles. The quantitative estimate of drug-likeness (QED) is 0.713. The number of nitrogens with zero attached hydrogens (tertiary/aromatic N) is 1. The van der Waals surface area contributed by atoms with Crippen LogP contribution in [0.15, 0.2) is 42.5 Å². The van der Waals surface area contributed by atoms with Gasteiger partial charge in [0.25, 0.3) is 0 Å². The minimum absolute atomic E-state index is 0.0233. The minimum atomic E-state index is -0.0233. The predicted octanol–water partition coefficient (Wildman–Crippen LogP) is 3.50. The number of para-hydroxylation sites is 1. The average Bonchev–Trinajstić information content (AvgIpc) is 3.11. The van der Waals surface area contributed by atoms with Crippen molar-refractivity contribution in [3.63, 3.8) is 0 Å². The number of amides is 2. The minimum Gasteiger partial charge on any atom is -0.493 e. The fourth-order valence-electron chi connectivity index (χ4n) is 3.83. The van der Waals surface area contributed by atoms with Crippen molar-refractivity contribution in [1.82, 2.24) is 15.2 Å². The largest absolute Gasteiger partial charge is 0.493 e. The van der Waals surface area contributed by atoms with Gasteiger partial charge < -0.3 is 24.7 Å². The third-order valence-electron chi connectivity index (χ3n) is 5.31. The van der Waals surface area contributed by atoms with Crippen molar-refractivity contribution in [2.75, 3.05) is 27.3 Å². The molecule has 0 spiro atoms. The summed E-state index contributed by atoms with van der Waals surface area (Å²) in [7, 11) is 3.24. The number of carbonyl (C=O) groups excluding carboxylic acids is 1. The molecule has 0 saturated heterocycles. The predicted molar refractivity (Wildman–Crippen MR) is 109 cm³/mol. The van der Waals surface area contributed by atoms with Gasteiger partial charge in [0.1, 0.15) is 0 Å². The summed E-state index contributed by atoms with van der Waals surface area (Å²) in [4.78, 5) is 17.9. The summed E-state index contributed by atoms with van der Waals surface area (Å²) in [6.07, 6.45) is 1.61. The summed E-state index contributed by atoms with van der Waals surface area (Å²) in [5.74, 6) is 1.41. The number of carbonyl (C=O) groups is 1. The second-order valence-electron chi connectivity index (χ2n) is 6.97. The summed E-state index contributed by atoms with van der Waals surface area (Å²) in [6.45, 7) is 1.92. The van der Waals surface area contributed by atoms with E-state index in [1.165, 1.54) is 10.9 Å². The fraction of sp³-hybridized carbons (Fsp3) is 0.318. The first-order valence-electron chi connectivity index (χ1n) is 9.51. The maximum atomic E-state index is 12.6. The van der Waals surface area contributed by atoms with Gasteiger partial charge in [-0.05, 0) is 42.2 Å². The van der Waals surface area contributed by atoms with Gasteiger partial charge in [-0.2, -0.15) is 0 Å². The number of hydrogen-bond donors (Lipinski definition) is 2. The molecular weight excluding hydrogens is 354 g/mol. The SMILES string of the molecule is COc1ccc(CCNC(=O)N2CCc3c([nH]c4ccccc34)C2)cc1OC. The van der Waals surface area contributed by atoms with Gasteiger partial charge in [-0.3, -0.25) is 0 Å². The summed E-state index contributed by atoms with van der Waals surface area (Å²) >= 11 is 0. The topological polar surface area (TPSA) is 66.6 Å². The molecule has 6 heteroatoms. The summed E-state index contributed by atoms with van der Waals surface area (Å²) < 4.78 is 10.6. The van der Waals surface area contributed by atoms with E-state index in [2.05, 4.69) is 28.5 Å². The maximum absolute atomic E-state index is 12.6. The highest BCUT2D eigenvalue weighted by Crippen LogP contribution is 2.28. The van der Waals surface area contributed by atoms with Gasteiger partial charge in [-0.15, -0.1) is 0 Å². The molecule has 146 valence electrons. The summed E-state index contributed by atoms with van der Waals surface area (Å²) in [5, 5.41) is 4.30. The Hall–Kier alpha value is -3.15. The number of hydrogen-bond acceptors (Lipinski definition) is 3. The third kappa shape index (κ3) is 3.50. The lowest BCUT2D eigenvalue weighted by molar-refractivity contribution is 0.192. The van der Waals surface area contributed by atoms with Crippen LogP contribution in [0.5, 0.6) is 11.5 Å². The number of rotatable bonds is 5. The van der Waals surface area contributed by atoms with Crippen LogP contribution in [0.25, 0.3) is 10.9 Å². The molecule has 4 rings (SSSR count). The van der Waals surface area contributed by atoms with Crippen LogP contribution in [0.4, 0.5) is 4.79 Å². The number of benzene rings is 2. The van der Waals surface area contributed by atoms with Crippen LogP contribution in [0.2, 0.25) is 0 Å². The Morgan fingerprint density at radius 3 is 2.79 bits per heavy atom. The normalized spacial score (nSPS) is 13.3. The Morgan fingerprint density at radius 1 is 1.14 bits per heavy atom. The van der Waals surface area contributed by atoms with Crippen molar-refractivity contribution in [3.8, 4) is 11.5 Å². The second kappa shape index (κ2) is 7.84. The number of H-pyrrole nitrogens is 1. The number of urea groups is 1. The van der Waals surface area contributed by atoms with Crippen molar-refractivity contribution in [2.45, 2.75) is 19.4 Å². The van der Waals surface area contributed by atoms with Gasteiger partial charge in [0.2, 0.25) is 0 Å². The van der Waals surface area contributed by atoms with E-state index in [-0.39, 0.29) is 6.03 Å². The van der Waals surface area contributed by atoms with Gasteiger partial charge in [-0.1, -0.05) is 24.3 Å². The van der Waals surface area contributed by atoms with E-state index >= 15 is 0 Å². The van der Waals surface area contributed by atoms with E-state index < -0.39 is 0 Å². The lowest BCUT2D eigenvalue weighted by Gasteiger charge is -2.27. The van der Waals surface area contributed by atoms with Crippen LogP contribution in [-0.4, -0.2) is 43.2 Å². The van der Waals surface area contributed by atoms with Gasteiger partial charge >= 0.3 is 6.03 Å². The number of aromatic amines is 1. The highest BCUT2D eigenvalue weighted by atomic mass is 16.5. The van der Waals surface area contributed by atoms with Crippen LogP contribution in [0, 0.1) is 0 Å². The van der Waals surface area contributed by atoms with Gasteiger partial charge in [0.15, 0.2) is 11.5 Å². The van der Waals surface area contributed by atoms with E-state index in [1.54, 1.807) is 14.2 Å². The van der Waals surface area contributed by atoms with Gasteiger partial charge in [-0.25, -0.2) is 4.79 Å². The molecule has 0 radical (unpaired) electrons. The molecule has 28 heavy (non-hydrogen) atoms. The van der Waals surface area contributed by atoms with Crippen LogP contribution >= 0.6 is 0 Å². The Bertz CT molecular complexity index is 996. The van der Waals surface area contributed by atoms with Crippen LogP contribution in [0.1, 0.15) is 16.8 Å². The lowest BCUT2D eigenvalue weighted by Crippen LogP contribution is -2.43. The zero-order chi connectivity index (χ0) is 19.5. The molecule has 3 aromatic rings. The number of ether oxygens (including phenoxy) is 2. The Morgan fingerprint density at radius 2 is 1.96 bits per heavy atom. The van der Waals surface area contributed by atoms with Crippen LogP contribution in [-0.2, 0) is 19.4 Å². The van der Waals surface area contributed by atoms with E-state index in [4.69, 9.17) is 9.47 Å². The van der Waals surface area contributed by atoms with Crippen molar-refractivity contribution in [1.29, 1.82) is 0 Å². The molecule has 0 aliphatic carbocycles. The number of nitrogens with one attached hydrogen (secondary N) is 2.